The molecule has 1 fully saturated rings. The van der Waals surface area contributed by atoms with Crippen LogP contribution in [-0.2, 0) is 9.53 Å². The highest BCUT2D eigenvalue weighted by Crippen LogP contribution is 2.32. The molecule has 0 spiro atoms. The molecule has 2 rings (SSSR count). The SMILES string of the molecule is Cc1ccc(NC(=O)C2(CN)CCOCC2)cc1OCC(F)F.Cl. The topological polar surface area (TPSA) is 73.6 Å². The lowest BCUT2D eigenvalue weighted by atomic mass is 9.79. The number of hydrogen-bond acceptors (Lipinski definition) is 4. The van der Waals surface area contributed by atoms with Crippen LogP contribution in [0.1, 0.15) is 18.4 Å². The van der Waals surface area contributed by atoms with E-state index in [0.717, 1.165) is 5.56 Å². The fourth-order valence-corrected chi connectivity index (χ4v) is 2.54. The van der Waals surface area contributed by atoms with Gasteiger partial charge < -0.3 is 20.5 Å². The van der Waals surface area contributed by atoms with Crippen LogP contribution >= 0.6 is 12.4 Å². The summed E-state index contributed by atoms with van der Waals surface area (Å²) in [7, 11) is 0. The summed E-state index contributed by atoms with van der Waals surface area (Å²) in [6, 6.07) is 4.99. The molecule has 0 atom stereocenters. The van der Waals surface area contributed by atoms with Crippen LogP contribution in [0.25, 0.3) is 0 Å². The molecular weight excluding hydrogens is 342 g/mol. The largest absolute Gasteiger partial charge is 0.487 e. The van der Waals surface area contributed by atoms with Gasteiger partial charge in [-0.3, -0.25) is 4.79 Å². The number of alkyl halides is 2. The number of anilines is 1. The number of nitrogens with one attached hydrogen (secondary N) is 1. The van der Waals surface area contributed by atoms with Crippen LogP contribution in [0.3, 0.4) is 0 Å². The first-order chi connectivity index (χ1) is 11.0. The average Bonchev–Trinajstić information content (AvgIpc) is 2.55. The van der Waals surface area contributed by atoms with E-state index in [0.29, 0.717) is 37.5 Å². The second kappa shape index (κ2) is 9.15. The molecule has 0 radical (unpaired) electrons. The van der Waals surface area contributed by atoms with Crippen LogP contribution in [-0.4, -0.2) is 38.7 Å². The van der Waals surface area contributed by atoms with E-state index in [9.17, 15) is 13.6 Å². The van der Waals surface area contributed by atoms with E-state index < -0.39 is 18.4 Å². The van der Waals surface area contributed by atoms with E-state index >= 15 is 0 Å². The molecule has 1 aliphatic rings. The van der Waals surface area contributed by atoms with E-state index in [1.807, 2.05) is 0 Å². The Morgan fingerprint density at radius 3 is 2.67 bits per heavy atom. The second-order valence-corrected chi connectivity index (χ2v) is 5.73. The van der Waals surface area contributed by atoms with Crippen molar-refractivity contribution in [1.29, 1.82) is 0 Å². The van der Waals surface area contributed by atoms with E-state index in [2.05, 4.69) is 5.32 Å². The summed E-state index contributed by atoms with van der Waals surface area (Å²) in [6.07, 6.45) is -1.42. The Labute approximate surface area is 146 Å². The Kier molecular flexibility index (Phi) is 7.86. The zero-order valence-corrected chi connectivity index (χ0v) is 14.3. The van der Waals surface area contributed by atoms with Gasteiger partial charge in [-0.1, -0.05) is 6.07 Å². The zero-order valence-electron chi connectivity index (χ0n) is 13.5. The Hall–Kier alpha value is -1.44. The van der Waals surface area contributed by atoms with E-state index in [4.69, 9.17) is 15.2 Å². The predicted molar refractivity (Wildman–Crippen MR) is 90.1 cm³/mol. The molecule has 24 heavy (non-hydrogen) atoms. The van der Waals surface area contributed by atoms with Crippen LogP contribution in [0.15, 0.2) is 18.2 Å². The molecule has 1 amide bonds. The number of ether oxygens (including phenoxy) is 2. The van der Waals surface area contributed by atoms with Crippen molar-refractivity contribution in [2.45, 2.75) is 26.2 Å². The van der Waals surface area contributed by atoms with Crippen molar-refractivity contribution < 1.29 is 23.0 Å². The van der Waals surface area contributed by atoms with Crippen LogP contribution < -0.4 is 15.8 Å². The van der Waals surface area contributed by atoms with Crippen LogP contribution in [0.4, 0.5) is 14.5 Å². The minimum Gasteiger partial charge on any atom is -0.487 e. The van der Waals surface area contributed by atoms with Gasteiger partial charge in [-0.15, -0.1) is 12.4 Å². The van der Waals surface area contributed by atoms with Crippen molar-refractivity contribution in [3.8, 4) is 5.75 Å². The molecule has 1 aromatic carbocycles. The molecule has 1 aliphatic heterocycles. The maximum atomic E-state index is 12.6. The molecule has 1 aromatic rings. The molecule has 0 aliphatic carbocycles. The number of halogens is 3. The smallest absolute Gasteiger partial charge is 0.272 e. The predicted octanol–water partition coefficient (Wildman–Crippen LogP) is 2.75. The summed E-state index contributed by atoms with van der Waals surface area (Å²) < 4.78 is 34.9. The Morgan fingerprint density at radius 2 is 2.08 bits per heavy atom. The summed E-state index contributed by atoms with van der Waals surface area (Å²) in [5.74, 6) is 0.156. The molecule has 5 nitrogen and oxygen atoms in total. The lowest BCUT2D eigenvalue weighted by Crippen LogP contribution is -2.46. The maximum absolute atomic E-state index is 12.6. The molecule has 1 heterocycles. The molecule has 0 unspecified atom stereocenters. The molecule has 0 aromatic heterocycles. The van der Waals surface area contributed by atoms with Gasteiger partial charge in [0, 0.05) is 31.5 Å². The fourth-order valence-electron chi connectivity index (χ4n) is 2.54. The highest BCUT2D eigenvalue weighted by atomic mass is 35.5. The van der Waals surface area contributed by atoms with E-state index in [1.165, 1.54) is 0 Å². The van der Waals surface area contributed by atoms with Crippen molar-refractivity contribution in [2.75, 3.05) is 31.7 Å². The van der Waals surface area contributed by atoms with E-state index in [-0.39, 0.29) is 24.9 Å². The average molecular weight is 365 g/mol. The van der Waals surface area contributed by atoms with Gasteiger partial charge in [-0.2, -0.15) is 0 Å². The highest BCUT2D eigenvalue weighted by Gasteiger charge is 2.38. The summed E-state index contributed by atoms with van der Waals surface area (Å²) >= 11 is 0. The molecule has 3 N–H and O–H groups in total. The van der Waals surface area contributed by atoms with Gasteiger partial charge in [0.1, 0.15) is 12.4 Å². The standard InChI is InChI=1S/C16H22F2N2O3.ClH/c1-11-2-3-12(8-13(11)23-9-14(17)18)20-15(21)16(10-19)4-6-22-7-5-16;/h2-3,8,14H,4-7,9-10,19H2,1H3,(H,20,21);1H. The third-order valence-electron chi connectivity index (χ3n) is 4.13. The van der Waals surface area contributed by atoms with Gasteiger partial charge in [-0.05, 0) is 31.4 Å². The second-order valence-electron chi connectivity index (χ2n) is 5.73. The summed E-state index contributed by atoms with van der Waals surface area (Å²) in [5, 5.41) is 2.82. The van der Waals surface area contributed by atoms with Gasteiger partial charge in [-0.25, -0.2) is 8.78 Å². The number of rotatable bonds is 6. The summed E-state index contributed by atoms with van der Waals surface area (Å²) in [5.41, 5.74) is 6.39. The number of carbonyl (C=O) groups is 1. The van der Waals surface area contributed by atoms with Gasteiger partial charge >= 0.3 is 0 Å². The number of hydrogen-bond donors (Lipinski definition) is 2. The van der Waals surface area contributed by atoms with Crippen LogP contribution in [0.5, 0.6) is 5.75 Å². The maximum Gasteiger partial charge on any atom is 0.272 e. The van der Waals surface area contributed by atoms with Crippen LogP contribution in [0.2, 0.25) is 0 Å². The lowest BCUT2D eigenvalue weighted by Gasteiger charge is -2.34. The minimum absolute atomic E-state index is 0. The van der Waals surface area contributed by atoms with Crippen molar-refractivity contribution in [3.63, 3.8) is 0 Å². The third-order valence-corrected chi connectivity index (χ3v) is 4.13. The molecule has 0 saturated carbocycles. The summed E-state index contributed by atoms with van der Waals surface area (Å²) in [4.78, 5) is 12.6. The first-order valence-electron chi connectivity index (χ1n) is 7.58. The molecular formula is C16H23ClF2N2O3. The van der Waals surface area contributed by atoms with Crippen molar-refractivity contribution >= 4 is 24.0 Å². The Bertz CT molecular complexity index is 552. The number of carbonyl (C=O) groups excluding carboxylic acids is 1. The third kappa shape index (κ3) is 5.03. The fraction of sp³-hybridized carbons (Fsp3) is 0.562. The van der Waals surface area contributed by atoms with Gasteiger partial charge in [0.25, 0.3) is 6.43 Å². The minimum atomic E-state index is -2.55. The first-order valence-corrected chi connectivity index (χ1v) is 7.58. The quantitative estimate of drug-likeness (QED) is 0.814. The normalized spacial score (nSPS) is 16.4. The van der Waals surface area contributed by atoms with Gasteiger partial charge in [0.2, 0.25) is 5.91 Å². The van der Waals surface area contributed by atoms with Crippen molar-refractivity contribution in [2.24, 2.45) is 11.1 Å². The molecule has 0 bridgehead atoms. The summed E-state index contributed by atoms with van der Waals surface area (Å²) in [6.45, 7) is 2.32. The first kappa shape index (κ1) is 20.6. The number of aryl methyl sites for hydroxylation is 1. The zero-order chi connectivity index (χ0) is 16.9. The van der Waals surface area contributed by atoms with Gasteiger partial charge in [0.05, 0.1) is 5.41 Å². The number of amides is 1. The van der Waals surface area contributed by atoms with Gasteiger partial charge in [0.15, 0.2) is 0 Å². The molecule has 1 saturated heterocycles. The number of benzene rings is 1. The van der Waals surface area contributed by atoms with E-state index in [1.54, 1.807) is 25.1 Å². The Morgan fingerprint density at radius 1 is 1.42 bits per heavy atom. The van der Waals surface area contributed by atoms with Crippen LogP contribution in [0, 0.1) is 12.3 Å². The van der Waals surface area contributed by atoms with Crippen molar-refractivity contribution in [3.05, 3.63) is 23.8 Å². The Balaban J connectivity index is 0.00000288. The monoisotopic (exact) mass is 364 g/mol. The molecule has 8 heteroatoms. The number of nitrogens with two attached hydrogens (primary N) is 1. The lowest BCUT2D eigenvalue weighted by molar-refractivity contribution is -0.130. The highest BCUT2D eigenvalue weighted by molar-refractivity contribution is 5.95. The molecule has 136 valence electrons. The van der Waals surface area contributed by atoms with Crippen molar-refractivity contribution in [1.82, 2.24) is 0 Å².